The van der Waals surface area contributed by atoms with Crippen LogP contribution in [0.4, 0.5) is 0 Å². The van der Waals surface area contributed by atoms with Crippen LogP contribution in [0.5, 0.6) is 0 Å². The molecule has 0 aromatic carbocycles. The number of likely N-dealkylation sites (N-methyl/N-ethyl adjacent to an activating group) is 1. The lowest BCUT2D eigenvalue weighted by atomic mass is 10.1. The average Bonchev–Trinajstić information content (AvgIpc) is 2.24. The minimum atomic E-state index is -1.01. The topological polar surface area (TPSA) is 66.8 Å². The summed E-state index contributed by atoms with van der Waals surface area (Å²) in [6, 6.07) is 0. The Morgan fingerprint density at radius 1 is 1.29 bits per heavy atom. The highest BCUT2D eigenvalue weighted by Gasteiger charge is 2.13. The Morgan fingerprint density at radius 3 is 2.18 bits per heavy atom. The van der Waals surface area contributed by atoms with E-state index >= 15 is 0 Å². The molecule has 0 saturated heterocycles. The first kappa shape index (κ1) is 15.2. The lowest BCUT2D eigenvalue weighted by Crippen LogP contribution is -2.17. The van der Waals surface area contributed by atoms with Crippen molar-refractivity contribution >= 4 is 11.9 Å². The molecular formula is C12H19NO4. The Labute approximate surface area is 101 Å². The first-order valence-corrected chi connectivity index (χ1v) is 5.28. The van der Waals surface area contributed by atoms with Crippen LogP contribution in [0, 0.1) is 0 Å². The number of carbonyl (C=O) groups is 2. The van der Waals surface area contributed by atoms with Gasteiger partial charge in [0.2, 0.25) is 0 Å². The second kappa shape index (κ2) is 6.73. The van der Waals surface area contributed by atoms with Gasteiger partial charge in [-0.3, -0.25) is 0 Å². The first-order chi connectivity index (χ1) is 7.81. The van der Waals surface area contributed by atoms with E-state index in [4.69, 9.17) is 9.84 Å². The molecule has 0 aliphatic heterocycles. The zero-order valence-electron chi connectivity index (χ0n) is 10.9. The smallest absolute Gasteiger partial charge is 0.335 e. The minimum Gasteiger partial charge on any atom is -0.478 e. The Bertz CT molecular complexity index is 367. The first-order valence-electron chi connectivity index (χ1n) is 5.28. The van der Waals surface area contributed by atoms with E-state index in [0.29, 0.717) is 17.9 Å². The number of esters is 1. The van der Waals surface area contributed by atoms with Crippen molar-refractivity contribution in [1.29, 1.82) is 0 Å². The van der Waals surface area contributed by atoms with Crippen LogP contribution in [-0.4, -0.2) is 42.6 Å². The molecule has 0 aliphatic rings. The van der Waals surface area contributed by atoms with Crippen LogP contribution in [0.25, 0.3) is 0 Å². The lowest BCUT2D eigenvalue weighted by molar-refractivity contribution is -0.138. The van der Waals surface area contributed by atoms with Crippen LogP contribution in [-0.2, 0) is 14.3 Å². The van der Waals surface area contributed by atoms with Gasteiger partial charge in [-0.2, -0.15) is 0 Å². The van der Waals surface area contributed by atoms with Crippen LogP contribution < -0.4 is 0 Å². The summed E-state index contributed by atoms with van der Waals surface area (Å²) in [6.07, 6.45) is 1.45. The molecule has 0 bridgehead atoms. The number of carbonyl (C=O) groups excluding carboxylic acids is 1. The quantitative estimate of drug-likeness (QED) is 0.448. The highest BCUT2D eigenvalue weighted by atomic mass is 16.5. The van der Waals surface area contributed by atoms with Gasteiger partial charge in [0.25, 0.3) is 0 Å². The van der Waals surface area contributed by atoms with E-state index in [-0.39, 0.29) is 5.57 Å². The summed E-state index contributed by atoms with van der Waals surface area (Å²) in [5.74, 6) is -1.45. The van der Waals surface area contributed by atoms with Gasteiger partial charge in [0.15, 0.2) is 0 Å². The molecule has 17 heavy (non-hydrogen) atoms. The molecule has 1 N–H and O–H groups in total. The van der Waals surface area contributed by atoms with Crippen LogP contribution >= 0.6 is 0 Å². The molecule has 0 aliphatic carbocycles. The van der Waals surface area contributed by atoms with Crippen molar-refractivity contribution in [3.8, 4) is 0 Å². The van der Waals surface area contributed by atoms with Gasteiger partial charge in [-0.1, -0.05) is 0 Å². The van der Waals surface area contributed by atoms with E-state index in [0.717, 1.165) is 0 Å². The normalized spacial score (nSPS) is 12.9. The fraction of sp³-hybridized carbons (Fsp3) is 0.500. The number of nitrogens with zero attached hydrogens (tertiary/aromatic N) is 1. The average molecular weight is 241 g/mol. The third-order valence-corrected chi connectivity index (χ3v) is 2.14. The van der Waals surface area contributed by atoms with Gasteiger partial charge in [0.05, 0.1) is 12.2 Å². The number of rotatable bonds is 5. The van der Waals surface area contributed by atoms with Crippen molar-refractivity contribution in [3.63, 3.8) is 0 Å². The molecule has 96 valence electrons. The van der Waals surface area contributed by atoms with Gasteiger partial charge < -0.3 is 14.7 Å². The SMILES string of the molecule is CCOC(=O)C(C)=C(C=C(C)C(=O)O)N(C)C. The molecule has 0 aromatic rings. The van der Waals surface area contributed by atoms with E-state index in [1.807, 2.05) is 0 Å². The van der Waals surface area contributed by atoms with Crippen molar-refractivity contribution in [2.75, 3.05) is 20.7 Å². The van der Waals surface area contributed by atoms with E-state index in [9.17, 15) is 9.59 Å². The number of carboxylic acids is 1. The molecule has 5 heteroatoms. The summed E-state index contributed by atoms with van der Waals surface area (Å²) in [6.45, 7) is 5.10. The molecule has 0 unspecified atom stereocenters. The van der Waals surface area contributed by atoms with Crippen molar-refractivity contribution in [2.24, 2.45) is 0 Å². The van der Waals surface area contributed by atoms with E-state index in [1.54, 1.807) is 32.8 Å². The van der Waals surface area contributed by atoms with Crippen molar-refractivity contribution in [3.05, 3.63) is 22.9 Å². The summed E-state index contributed by atoms with van der Waals surface area (Å²) < 4.78 is 4.88. The summed E-state index contributed by atoms with van der Waals surface area (Å²) in [7, 11) is 3.48. The zero-order chi connectivity index (χ0) is 13.6. The van der Waals surface area contributed by atoms with Crippen LogP contribution in [0.1, 0.15) is 20.8 Å². The van der Waals surface area contributed by atoms with Gasteiger partial charge in [-0.05, 0) is 26.8 Å². The second-order valence-electron chi connectivity index (χ2n) is 3.76. The Balaban J connectivity index is 5.36. The largest absolute Gasteiger partial charge is 0.478 e. The van der Waals surface area contributed by atoms with Gasteiger partial charge in [-0.15, -0.1) is 0 Å². The minimum absolute atomic E-state index is 0.164. The van der Waals surface area contributed by atoms with Crippen molar-refractivity contribution in [1.82, 2.24) is 4.90 Å². The van der Waals surface area contributed by atoms with Crippen LogP contribution in [0.15, 0.2) is 22.9 Å². The molecule has 0 fully saturated rings. The van der Waals surface area contributed by atoms with Crippen LogP contribution in [0.2, 0.25) is 0 Å². The molecule has 0 saturated carbocycles. The third-order valence-electron chi connectivity index (χ3n) is 2.14. The number of hydrogen-bond acceptors (Lipinski definition) is 4. The molecule has 0 rings (SSSR count). The highest BCUT2D eigenvalue weighted by molar-refractivity contribution is 5.91. The van der Waals surface area contributed by atoms with Crippen LogP contribution in [0.3, 0.4) is 0 Å². The standard InChI is InChI=1S/C12H19NO4/c1-6-17-12(16)9(3)10(13(4)5)7-8(2)11(14)15/h7H,6H2,1-5H3,(H,14,15). The maximum Gasteiger partial charge on any atom is 0.335 e. The second-order valence-corrected chi connectivity index (χ2v) is 3.76. The summed E-state index contributed by atoms with van der Waals surface area (Å²) in [5.41, 5.74) is 1.08. The fourth-order valence-corrected chi connectivity index (χ4v) is 1.18. The zero-order valence-corrected chi connectivity index (χ0v) is 10.9. The number of aliphatic carboxylic acids is 1. The molecule has 0 atom stereocenters. The summed E-state index contributed by atoms with van der Waals surface area (Å²) in [4.78, 5) is 24.0. The van der Waals surface area contributed by atoms with Gasteiger partial charge in [-0.25, -0.2) is 9.59 Å². The van der Waals surface area contributed by atoms with E-state index in [2.05, 4.69) is 0 Å². The Morgan fingerprint density at radius 2 is 1.82 bits per heavy atom. The maximum atomic E-state index is 11.6. The van der Waals surface area contributed by atoms with E-state index < -0.39 is 11.9 Å². The molecule has 0 aromatic heterocycles. The summed E-state index contributed by atoms with van der Waals surface area (Å²) >= 11 is 0. The Kier molecular flexibility index (Phi) is 6.02. The number of ether oxygens (including phenoxy) is 1. The van der Waals surface area contributed by atoms with Gasteiger partial charge in [0, 0.05) is 25.4 Å². The molecule has 5 nitrogen and oxygen atoms in total. The fourth-order valence-electron chi connectivity index (χ4n) is 1.18. The number of hydrogen-bond donors (Lipinski definition) is 1. The maximum absolute atomic E-state index is 11.6. The Hall–Kier alpha value is -1.78. The summed E-state index contributed by atoms with van der Waals surface area (Å²) in [5, 5.41) is 8.81. The molecular weight excluding hydrogens is 222 g/mol. The predicted octanol–water partition coefficient (Wildman–Crippen LogP) is 1.42. The monoisotopic (exact) mass is 241 g/mol. The highest BCUT2D eigenvalue weighted by Crippen LogP contribution is 2.13. The molecule has 0 radical (unpaired) electrons. The molecule has 0 spiro atoms. The van der Waals surface area contributed by atoms with Gasteiger partial charge in [0.1, 0.15) is 0 Å². The third kappa shape index (κ3) is 4.72. The predicted molar refractivity (Wildman–Crippen MR) is 64.4 cm³/mol. The van der Waals surface area contributed by atoms with Crippen molar-refractivity contribution < 1.29 is 19.4 Å². The molecule has 0 amide bonds. The lowest BCUT2D eigenvalue weighted by Gasteiger charge is -2.17. The van der Waals surface area contributed by atoms with E-state index in [1.165, 1.54) is 13.0 Å². The molecule has 0 heterocycles. The van der Waals surface area contributed by atoms with Gasteiger partial charge >= 0.3 is 11.9 Å². The number of allylic oxidation sites excluding steroid dienone is 1. The van der Waals surface area contributed by atoms with Crippen molar-refractivity contribution in [2.45, 2.75) is 20.8 Å². The number of carboxylic acid groups (broad SMARTS) is 1.